The maximum atomic E-state index is 4.52. The van der Waals surface area contributed by atoms with Crippen LogP contribution in [0.2, 0.25) is 6.32 Å². The number of aromatic nitrogens is 2. The van der Waals surface area contributed by atoms with E-state index in [1.54, 1.807) is 0 Å². The number of hydrogen-bond donors (Lipinski definition) is 0. The Balaban J connectivity index is 3.18. The molecule has 0 saturated carbocycles. The molecule has 0 aromatic carbocycles. The molecule has 0 fully saturated rings. The van der Waals surface area contributed by atoms with Crippen LogP contribution in [0.4, 0.5) is 0 Å². The molecule has 0 atom stereocenters. The van der Waals surface area contributed by atoms with Crippen LogP contribution < -0.4 is 0 Å². The molecular formula is C9H16B2N2. The highest BCUT2D eigenvalue weighted by atomic mass is 15.1. The summed E-state index contributed by atoms with van der Waals surface area (Å²) in [4.78, 5) is 4.52. The lowest BCUT2D eigenvalue weighted by molar-refractivity contribution is 0.844. The Bertz CT molecular complexity index is 329. The standard InChI is InChI=1S/C9H16B2N2/c1-6(4-10)9-12-7(2)8(5-11)13(9)3/h1,4-5,10-11H2,2-3H3. The van der Waals surface area contributed by atoms with Gasteiger partial charge in [-0.25, -0.2) is 4.98 Å². The second-order valence-corrected chi connectivity index (χ2v) is 3.34. The van der Waals surface area contributed by atoms with E-state index in [1.807, 2.05) is 0 Å². The number of allylic oxidation sites excluding steroid dienone is 1. The minimum absolute atomic E-state index is 0.966. The van der Waals surface area contributed by atoms with E-state index in [0.717, 1.165) is 29.7 Å². The number of nitrogens with zero attached hydrogens (tertiary/aromatic N) is 2. The minimum Gasteiger partial charge on any atom is -0.332 e. The van der Waals surface area contributed by atoms with E-state index in [9.17, 15) is 0 Å². The molecule has 0 bridgehead atoms. The molecule has 0 aliphatic rings. The lowest BCUT2D eigenvalue weighted by Gasteiger charge is -2.04. The fourth-order valence-corrected chi connectivity index (χ4v) is 1.64. The molecule has 68 valence electrons. The Labute approximate surface area is 81.9 Å². The van der Waals surface area contributed by atoms with E-state index in [0.29, 0.717) is 0 Å². The lowest BCUT2D eigenvalue weighted by atomic mass is 9.97. The van der Waals surface area contributed by atoms with Crippen LogP contribution in [0.15, 0.2) is 6.58 Å². The van der Waals surface area contributed by atoms with Crippen LogP contribution >= 0.6 is 0 Å². The fraction of sp³-hybridized carbons (Fsp3) is 0.444. The lowest BCUT2D eigenvalue weighted by Crippen LogP contribution is -2.01. The topological polar surface area (TPSA) is 17.8 Å². The van der Waals surface area contributed by atoms with Crippen molar-refractivity contribution in [3.63, 3.8) is 0 Å². The van der Waals surface area contributed by atoms with Gasteiger partial charge in [0, 0.05) is 12.7 Å². The van der Waals surface area contributed by atoms with E-state index in [1.165, 1.54) is 5.69 Å². The summed E-state index contributed by atoms with van der Waals surface area (Å²) >= 11 is 0. The molecule has 4 heteroatoms. The van der Waals surface area contributed by atoms with Gasteiger partial charge in [-0.1, -0.05) is 12.9 Å². The Morgan fingerprint density at radius 1 is 1.54 bits per heavy atom. The molecular weight excluding hydrogens is 158 g/mol. The van der Waals surface area contributed by atoms with E-state index in [-0.39, 0.29) is 0 Å². The average Bonchev–Trinajstić information content (AvgIpc) is 2.40. The Hall–Kier alpha value is -0.920. The Kier molecular flexibility index (Phi) is 3.02. The maximum Gasteiger partial charge on any atom is 0.134 e. The van der Waals surface area contributed by atoms with Gasteiger partial charge in [0.15, 0.2) is 0 Å². The van der Waals surface area contributed by atoms with Crippen LogP contribution in [0, 0.1) is 6.92 Å². The van der Waals surface area contributed by atoms with Crippen molar-refractivity contribution in [1.29, 1.82) is 0 Å². The summed E-state index contributed by atoms with van der Waals surface area (Å²) in [5.74, 6) is 1.04. The third kappa shape index (κ3) is 1.71. The van der Waals surface area contributed by atoms with Crippen molar-refractivity contribution in [1.82, 2.24) is 9.55 Å². The van der Waals surface area contributed by atoms with Gasteiger partial charge in [-0.05, 0) is 18.8 Å². The molecule has 0 unspecified atom stereocenters. The normalized spacial score (nSPS) is 10.3. The van der Waals surface area contributed by atoms with Crippen molar-refractivity contribution >= 4 is 21.3 Å². The Morgan fingerprint density at radius 3 is 2.54 bits per heavy atom. The molecule has 0 aliphatic heterocycles. The van der Waals surface area contributed by atoms with Gasteiger partial charge in [0.25, 0.3) is 0 Å². The second kappa shape index (κ2) is 3.86. The van der Waals surface area contributed by atoms with Crippen molar-refractivity contribution in [2.45, 2.75) is 19.6 Å². The van der Waals surface area contributed by atoms with Crippen LogP contribution in [0.3, 0.4) is 0 Å². The molecule has 0 aliphatic carbocycles. The highest BCUT2D eigenvalue weighted by Gasteiger charge is 2.10. The molecule has 1 heterocycles. The number of hydrogen-bond acceptors (Lipinski definition) is 1. The van der Waals surface area contributed by atoms with Gasteiger partial charge >= 0.3 is 0 Å². The van der Waals surface area contributed by atoms with Crippen molar-refractivity contribution in [2.24, 2.45) is 7.05 Å². The average molecular weight is 174 g/mol. The first kappa shape index (κ1) is 10.2. The summed E-state index contributed by atoms with van der Waals surface area (Å²) in [5.41, 5.74) is 3.56. The van der Waals surface area contributed by atoms with Gasteiger partial charge in [-0.3, -0.25) is 0 Å². The summed E-state index contributed by atoms with van der Waals surface area (Å²) in [5, 5.41) is 0. The van der Waals surface area contributed by atoms with Gasteiger partial charge in [0.2, 0.25) is 0 Å². The predicted octanol–water partition coefficient (Wildman–Crippen LogP) is -0.0738. The van der Waals surface area contributed by atoms with Gasteiger partial charge in [0.05, 0.1) is 5.69 Å². The van der Waals surface area contributed by atoms with Crippen LogP contribution in [-0.4, -0.2) is 25.2 Å². The van der Waals surface area contributed by atoms with Crippen LogP contribution in [-0.2, 0) is 13.4 Å². The van der Waals surface area contributed by atoms with Crippen LogP contribution in [0.5, 0.6) is 0 Å². The first-order chi connectivity index (χ1) is 6.11. The van der Waals surface area contributed by atoms with Crippen LogP contribution in [0.25, 0.3) is 5.57 Å². The first-order valence-electron chi connectivity index (χ1n) is 4.82. The molecule has 0 spiro atoms. The molecule has 1 aromatic heterocycles. The first-order valence-corrected chi connectivity index (χ1v) is 4.82. The maximum absolute atomic E-state index is 4.52. The molecule has 0 radical (unpaired) electrons. The van der Waals surface area contributed by atoms with E-state index in [2.05, 4.69) is 45.8 Å². The van der Waals surface area contributed by atoms with Crippen molar-refractivity contribution in [2.75, 3.05) is 0 Å². The molecule has 0 amide bonds. The fourth-order valence-electron chi connectivity index (χ4n) is 1.64. The summed E-state index contributed by atoms with van der Waals surface area (Å²) in [6, 6.07) is 0. The number of aryl methyl sites for hydroxylation is 1. The summed E-state index contributed by atoms with van der Waals surface area (Å²) in [6.45, 7) is 6.07. The highest BCUT2D eigenvalue weighted by molar-refractivity contribution is 6.14. The van der Waals surface area contributed by atoms with Gasteiger partial charge in [-0.2, -0.15) is 0 Å². The van der Waals surface area contributed by atoms with Crippen molar-refractivity contribution < 1.29 is 0 Å². The molecule has 13 heavy (non-hydrogen) atoms. The quantitative estimate of drug-likeness (QED) is 0.586. The zero-order chi connectivity index (χ0) is 10.0. The third-order valence-electron chi connectivity index (χ3n) is 2.49. The van der Waals surface area contributed by atoms with Crippen molar-refractivity contribution in [3.05, 3.63) is 23.8 Å². The molecule has 1 rings (SSSR count). The van der Waals surface area contributed by atoms with Crippen molar-refractivity contribution in [3.8, 4) is 0 Å². The van der Waals surface area contributed by atoms with E-state index >= 15 is 0 Å². The Morgan fingerprint density at radius 2 is 2.15 bits per heavy atom. The smallest absolute Gasteiger partial charge is 0.134 e. The zero-order valence-electron chi connectivity index (χ0n) is 9.02. The minimum atomic E-state index is 0.966. The monoisotopic (exact) mass is 174 g/mol. The SMILES string of the molecule is BCC(=C)c1nc(C)c(CB)n1C. The predicted molar refractivity (Wildman–Crippen MR) is 62.6 cm³/mol. The summed E-state index contributed by atoms with van der Waals surface area (Å²) in [6.07, 6.45) is 2.00. The third-order valence-corrected chi connectivity index (χ3v) is 2.49. The molecule has 0 saturated heterocycles. The van der Waals surface area contributed by atoms with Gasteiger partial charge < -0.3 is 4.57 Å². The molecule has 2 nitrogen and oxygen atoms in total. The summed E-state index contributed by atoms with van der Waals surface area (Å²) in [7, 11) is 6.33. The highest BCUT2D eigenvalue weighted by Crippen LogP contribution is 2.17. The zero-order valence-corrected chi connectivity index (χ0v) is 9.02. The van der Waals surface area contributed by atoms with Gasteiger partial charge in [0.1, 0.15) is 21.5 Å². The van der Waals surface area contributed by atoms with Gasteiger partial charge in [-0.15, -0.1) is 0 Å². The van der Waals surface area contributed by atoms with E-state index < -0.39 is 0 Å². The van der Waals surface area contributed by atoms with E-state index in [4.69, 9.17) is 0 Å². The molecule has 0 N–H and O–H groups in total. The summed E-state index contributed by atoms with van der Waals surface area (Å²) < 4.78 is 2.15. The molecule has 1 aromatic rings. The van der Waals surface area contributed by atoms with Crippen LogP contribution in [0.1, 0.15) is 17.2 Å². The largest absolute Gasteiger partial charge is 0.332 e. The number of rotatable bonds is 3. The number of imidazole rings is 1. The second-order valence-electron chi connectivity index (χ2n) is 3.34.